The maximum atomic E-state index is 12.4. The van der Waals surface area contributed by atoms with E-state index in [4.69, 9.17) is 0 Å². The van der Waals surface area contributed by atoms with Crippen molar-refractivity contribution < 1.29 is 4.79 Å². The van der Waals surface area contributed by atoms with Crippen molar-refractivity contribution in [3.05, 3.63) is 0 Å². The Hall–Kier alpha value is -0.370. The lowest BCUT2D eigenvalue weighted by Crippen LogP contribution is -2.51. The molecule has 0 radical (unpaired) electrons. The molecule has 0 bridgehead atoms. The Kier molecular flexibility index (Phi) is 3.68. The van der Waals surface area contributed by atoms with E-state index in [1.807, 2.05) is 0 Å². The Bertz CT molecular complexity index is 253. The number of carbonyl (C=O) groups is 1. The van der Waals surface area contributed by atoms with E-state index in [-0.39, 0.29) is 5.54 Å². The number of hydrogen-bond acceptors (Lipinski definition) is 2. The van der Waals surface area contributed by atoms with Crippen LogP contribution < -0.4 is 0 Å². The van der Waals surface area contributed by atoms with Crippen LogP contribution in [0, 0.1) is 5.92 Å². The van der Waals surface area contributed by atoms with Gasteiger partial charge in [-0.25, -0.2) is 0 Å². The first kappa shape index (κ1) is 12.1. The average Bonchev–Trinajstić information content (AvgIpc) is 2.75. The van der Waals surface area contributed by atoms with Gasteiger partial charge in [0, 0.05) is 6.42 Å². The highest BCUT2D eigenvalue weighted by atomic mass is 16.1. The van der Waals surface area contributed by atoms with Crippen LogP contribution in [-0.2, 0) is 4.79 Å². The summed E-state index contributed by atoms with van der Waals surface area (Å²) >= 11 is 0. The summed E-state index contributed by atoms with van der Waals surface area (Å²) in [5, 5.41) is 0. The third kappa shape index (κ3) is 2.17. The van der Waals surface area contributed by atoms with Crippen molar-refractivity contribution in [2.45, 2.75) is 64.3 Å². The summed E-state index contributed by atoms with van der Waals surface area (Å²) in [5.74, 6) is 1.21. The van der Waals surface area contributed by atoms with E-state index in [0.717, 1.165) is 25.9 Å². The predicted octanol–water partition coefficient (Wildman–Crippen LogP) is 3.01. The third-order valence-electron chi connectivity index (χ3n) is 4.79. The van der Waals surface area contributed by atoms with Gasteiger partial charge in [0.1, 0.15) is 0 Å². The van der Waals surface area contributed by atoms with Crippen LogP contribution in [0.1, 0.15) is 58.8 Å². The number of rotatable bonds is 5. The highest BCUT2D eigenvalue weighted by Crippen LogP contribution is 2.34. The second-order valence-corrected chi connectivity index (χ2v) is 5.75. The minimum Gasteiger partial charge on any atom is -0.298 e. The summed E-state index contributed by atoms with van der Waals surface area (Å²) < 4.78 is 0. The molecule has 0 amide bonds. The molecule has 1 aliphatic carbocycles. The molecule has 2 nitrogen and oxygen atoms in total. The van der Waals surface area contributed by atoms with Gasteiger partial charge in [-0.15, -0.1) is 0 Å². The maximum Gasteiger partial charge on any atom is 0.153 e. The largest absolute Gasteiger partial charge is 0.298 e. The molecular formula is C14H25NO. The zero-order chi connectivity index (χ0) is 11.6. The van der Waals surface area contributed by atoms with Crippen molar-refractivity contribution in [3.63, 3.8) is 0 Å². The number of Topliss-reactive ketones (excluding diaryl/α,β-unsaturated/α-hetero) is 1. The lowest BCUT2D eigenvalue weighted by atomic mass is 9.77. The van der Waals surface area contributed by atoms with Gasteiger partial charge in [0.2, 0.25) is 0 Å². The Morgan fingerprint density at radius 2 is 1.88 bits per heavy atom. The van der Waals surface area contributed by atoms with Gasteiger partial charge < -0.3 is 0 Å². The fraction of sp³-hybridized carbons (Fsp3) is 0.929. The van der Waals surface area contributed by atoms with E-state index in [1.54, 1.807) is 0 Å². The van der Waals surface area contributed by atoms with Gasteiger partial charge in [0.15, 0.2) is 5.78 Å². The van der Waals surface area contributed by atoms with Gasteiger partial charge in [-0.3, -0.25) is 9.69 Å². The predicted molar refractivity (Wildman–Crippen MR) is 66.5 cm³/mol. The van der Waals surface area contributed by atoms with Crippen molar-refractivity contribution in [1.82, 2.24) is 4.90 Å². The molecular weight excluding hydrogens is 198 g/mol. The van der Waals surface area contributed by atoms with Gasteiger partial charge in [-0.1, -0.05) is 26.2 Å². The highest BCUT2D eigenvalue weighted by Gasteiger charge is 2.39. The number of ketones is 1. The normalized spacial score (nSPS) is 26.4. The maximum absolute atomic E-state index is 12.4. The van der Waals surface area contributed by atoms with Gasteiger partial charge in [-0.2, -0.15) is 0 Å². The molecule has 1 saturated carbocycles. The van der Waals surface area contributed by atoms with Gasteiger partial charge >= 0.3 is 0 Å². The van der Waals surface area contributed by atoms with Crippen LogP contribution in [0.4, 0.5) is 0 Å². The van der Waals surface area contributed by atoms with E-state index < -0.39 is 0 Å². The Labute approximate surface area is 99.4 Å². The van der Waals surface area contributed by atoms with Crippen LogP contribution in [0.25, 0.3) is 0 Å². The standard InChI is InChI=1S/C14H25NO/c1-3-14(2,15-9-4-5-10-15)13(16)11-12-7-6-8-12/h12H,3-11H2,1-2H3. The lowest BCUT2D eigenvalue weighted by molar-refractivity contribution is -0.131. The van der Waals surface area contributed by atoms with Crippen molar-refractivity contribution in [2.24, 2.45) is 5.92 Å². The SMILES string of the molecule is CCC(C)(C(=O)CC1CCC1)N1CCCC1. The summed E-state index contributed by atoms with van der Waals surface area (Å²) in [6.07, 6.45) is 8.25. The average molecular weight is 223 g/mol. The summed E-state index contributed by atoms with van der Waals surface area (Å²) in [6, 6.07) is 0. The van der Waals surface area contributed by atoms with Crippen LogP contribution in [-0.4, -0.2) is 29.3 Å². The van der Waals surface area contributed by atoms with E-state index >= 15 is 0 Å². The second kappa shape index (κ2) is 4.87. The molecule has 1 atom stereocenters. The van der Waals surface area contributed by atoms with Crippen molar-refractivity contribution in [2.75, 3.05) is 13.1 Å². The van der Waals surface area contributed by atoms with Crippen LogP contribution in [0.2, 0.25) is 0 Å². The van der Waals surface area contributed by atoms with Crippen molar-refractivity contribution >= 4 is 5.78 Å². The molecule has 1 saturated heterocycles. The first-order chi connectivity index (χ1) is 7.66. The van der Waals surface area contributed by atoms with Crippen LogP contribution in [0.15, 0.2) is 0 Å². The summed E-state index contributed by atoms with van der Waals surface area (Å²) in [6.45, 7) is 6.58. The van der Waals surface area contributed by atoms with Crippen molar-refractivity contribution in [3.8, 4) is 0 Å². The molecule has 2 fully saturated rings. The van der Waals surface area contributed by atoms with Gasteiger partial charge in [0.05, 0.1) is 5.54 Å². The Morgan fingerprint density at radius 1 is 1.25 bits per heavy atom. The Balaban J connectivity index is 1.97. The summed E-state index contributed by atoms with van der Waals surface area (Å²) in [4.78, 5) is 14.9. The van der Waals surface area contributed by atoms with Crippen LogP contribution in [0.3, 0.4) is 0 Å². The first-order valence-corrected chi connectivity index (χ1v) is 6.95. The molecule has 0 aromatic rings. The molecule has 1 unspecified atom stereocenters. The first-order valence-electron chi connectivity index (χ1n) is 6.95. The molecule has 0 aromatic heterocycles. The van der Waals surface area contributed by atoms with Gasteiger partial charge in [0.25, 0.3) is 0 Å². The fourth-order valence-corrected chi connectivity index (χ4v) is 2.99. The lowest BCUT2D eigenvalue weighted by Gasteiger charge is -2.38. The molecule has 1 aliphatic heterocycles. The van der Waals surface area contributed by atoms with Gasteiger partial charge in [-0.05, 0) is 45.2 Å². The molecule has 1 heterocycles. The fourth-order valence-electron chi connectivity index (χ4n) is 2.99. The molecule has 0 N–H and O–H groups in total. The molecule has 2 heteroatoms. The third-order valence-corrected chi connectivity index (χ3v) is 4.79. The second-order valence-electron chi connectivity index (χ2n) is 5.75. The van der Waals surface area contributed by atoms with Crippen molar-refractivity contribution in [1.29, 1.82) is 0 Å². The minimum atomic E-state index is -0.161. The van der Waals surface area contributed by atoms with E-state index in [1.165, 1.54) is 32.1 Å². The zero-order valence-electron chi connectivity index (χ0n) is 10.8. The number of carbonyl (C=O) groups excluding carboxylic acids is 1. The number of likely N-dealkylation sites (tertiary alicyclic amines) is 1. The quantitative estimate of drug-likeness (QED) is 0.714. The molecule has 2 aliphatic rings. The minimum absolute atomic E-state index is 0.161. The van der Waals surface area contributed by atoms with Crippen LogP contribution >= 0.6 is 0 Å². The van der Waals surface area contributed by atoms with E-state index in [9.17, 15) is 4.79 Å². The van der Waals surface area contributed by atoms with E-state index in [2.05, 4.69) is 18.7 Å². The number of hydrogen-bond donors (Lipinski definition) is 0. The smallest absolute Gasteiger partial charge is 0.153 e. The Morgan fingerprint density at radius 3 is 2.31 bits per heavy atom. The highest BCUT2D eigenvalue weighted by molar-refractivity contribution is 5.88. The molecule has 92 valence electrons. The topological polar surface area (TPSA) is 20.3 Å². The molecule has 2 rings (SSSR count). The van der Waals surface area contributed by atoms with Crippen LogP contribution in [0.5, 0.6) is 0 Å². The molecule has 0 spiro atoms. The monoisotopic (exact) mass is 223 g/mol. The summed E-state index contributed by atoms with van der Waals surface area (Å²) in [5.41, 5.74) is -0.161. The molecule has 0 aromatic carbocycles. The summed E-state index contributed by atoms with van der Waals surface area (Å²) in [7, 11) is 0. The van der Waals surface area contributed by atoms with E-state index in [0.29, 0.717) is 11.7 Å². The number of nitrogens with zero attached hydrogens (tertiary/aromatic N) is 1. The zero-order valence-corrected chi connectivity index (χ0v) is 10.8. The molecule has 16 heavy (non-hydrogen) atoms.